The lowest BCUT2D eigenvalue weighted by Crippen LogP contribution is -2.44. The van der Waals surface area contributed by atoms with Gasteiger partial charge in [-0.05, 0) is 25.0 Å². The van der Waals surface area contributed by atoms with Crippen molar-refractivity contribution in [1.29, 1.82) is 0 Å². The highest BCUT2D eigenvalue weighted by Crippen LogP contribution is 2.33. The fraction of sp³-hybridized carbons (Fsp3) is 0.538. The predicted molar refractivity (Wildman–Crippen MR) is 73.5 cm³/mol. The molecule has 4 nitrogen and oxygen atoms in total. The third-order valence-corrected chi connectivity index (χ3v) is 3.66. The van der Waals surface area contributed by atoms with Gasteiger partial charge in [0, 0.05) is 25.7 Å². The van der Waals surface area contributed by atoms with Crippen molar-refractivity contribution in [3.63, 3.8) is 0 Å². The lowest BCUT2D eigenvalue weighted by atomic mass is 9.97. The summed E-state index contributed by atoms with van der Waals surface area (Å²) in [6, 6.07) is 2.84. The van der Waals surface area contributed by atoms with E-state index in [4.69, 9.17) is 11.6 Å². The Morgan fingerprint density at radius 2 is 2.19 bits per heavy atom. The third-order valence-electron chi connectivity index (χ3n) is 3.47. The summed E-state index contributed by atoms with van der Waals surface area (Å²) < 4.78 is 38.4. The maximum Gasteiger partial charge on any atom is 0.393 e. The minimum Gasteiger partial charge on any atom is -0.373 e. The Kier molecular flexibility index (Phi) is 4.61. The van der Waals surface area contributed by atoms with E-state index in [1.54, 1.807) is 7.05 Å². The quantitative estimate of drug-likeness (QED) is 0.851. The van der Waals surface area contributed by atoms with Crippen LogP contribution in [0.15, 0.2) is 12.1 Å². The molecule has 0 saturated carbocycles. The third kappa shape index (κ3) is 3.78. The number of pyridine rings is 1. The Bertz CT molecular complexity index is 536. The number of hydrogen-bond donors (Lipinski definition) is 1. The van der Waals surface area contributed by atoms with Gasteiger partial charge >= 0.3 is 6.18 Å². The molecule has 1 aromatic rings. The summed E-state index contributed by atoms with van der Waals surface area (Å²) in [6.07, 6.45) is -3.87. The predicted octanol–water partition coefficient (Wildman–Crippen LogP) is 3.19. The molecule has 1 amide bonds. The number of nitrogens with one attached hydrogen (secondary N) is 1. The average Bonchev–Trinajstić information content (AvgIpc) is 2.45. The van der Waals surface area contributed by atoms with Crippen molar-refractivity contribution in [1.82, 2.24) is 9.88 Å². The first-order valence-electron chi connectivity index (χ1n) is 6.52. The van der Waals surface area contributed by atoms with E-state index >= 15 is 0 Å². The Morgan fingerprint density at radius 3 is 2.81 bits per heavy atom. The van der Waals surface area contributed by atoms with Crippen LogP contribution < -0.4 is 5.32 Å². The molecular weight excluding hydrogens is 307 g/mol. The number of nitrogens with zero attached hydrogens (tertiary/aromatic N) is 2. The molecule has 1 atom stereocenters. The summed E-state index contributed by atoms with van der Waals surface area (Å²) in [6.45, 7) is 0.0113. The van der Waals surface area contributed by atoms with Crippen LogP contribution in [-0.2, 0) is 0 Å². The van der Waals surface area contributed by atoms with Crippen LogP contribution in [0.2, 0.25) is 5.15 Å². The number of carbonyl (C=O) groups excluding carboxylic acids is 1. The van der Waals surface area contributed by atoms with Gasteiger partial charge in [0.05, 0.1) is 5.92 Å². The molecule has 1 saturated heterocycles. The molecule has 1 N–H and O–H groups in total. The van der Waals surface area contributed by atoms with Crippen LogP contribution >= 0.6 is 11.6 Å². The van der Waals surface area contributed by atoms with Crippen molar-refractivity contribution < 1.29 is 18.0 Å². The average molecular weight is 322 g/mol. The summed E-state index contributed by atoms with van der Waals surface area (Å²) in [4.78, 5) is 17.5. The van der Waals surface area contributed by atoms with Crippen LogP contribution in [0, 0.1) is 5.92 Å². The van der Waals surface area contributed by atoms with Crippen molar-refractivity contribution in [3.05, 3.63) is 22.8 Å². The zero-order chi connectivity index (χ0) is 15.6. The lowest BCUT2D eigenvalue weighted by Gasteiger charge is -2.33. The van der Waals surface area contributed by atoms with Gasteiger partial charge in [-0.25, -0.2) is 4.98 Å². The van der Waals surface area contributed by atoms with E-state index in [1.807, 2.05) is 0 Å². The van der Waals surface area contributed by atoms with E-state index in [1.165, 1.54) is 17.0 Å². The number of aromatic nitrogens is 1. The van der Waals surface area contributed by atoms with Crippen LogP contribution in [0.3, 0.4) is 0 Å². The molecule has 1 aromatic heterocycles. The van der Waals surface area contributed by atoms with Crippen LogP contribution in [0.1, 0.15) is 23.2 Å². The molecule has 0 aromatic carbocycles. The molecule has 21 heavy (non-hydrogen) atoms. The second-order valence-electron chi connectivity index (χ2n) is 4.95. The SMILES string of the molecule is CNc1cc(C(=O)N2CCCC(C(F)(F)F)C2)cc(Cl)n1. The summed E-state index contributed by atoms with van der Waals surface area (Å²) in [5.41, 5.74) is 0.238. The molecule has 1 aliphatic heterocycles. The molecule has 0 spiro atoms. The second-order valence-corrected chi connectivity index (χ2v) is 5.33. The summed E-state index contributed by atoms with van der Waals surface area (Å²) in [5.74, 6) is -1.52. The van der Waals surface area contributed by atoms with Gasteiger partial charge in [-0.15, -0.1) is 0 Å². The molecule has 0 radical (unpaired) electrons. The van der Waals surface area contributed by atoms with Gasteiger partial charge in [-0.2, -0.15) is 13.2 Å². The zero-order valence-corrected chi connectivity index (χ0v) is 12.1. The van der Waals surface area contributed by atoms with Crippen molar-refractivity contribution in [2.75, 3.05) is 25.5 Å². The number of anilines is 1. The fourth-order valence-corrected chi connectivity index (χ4v) is 2.57. The van der Waals surface area contributed by atoms with E-state index in [2.05, 4.69) is 10.3 Å². The minimum atomic E-state index is -4.27. The first-order valence-corrected chi connectivity index (χ1v) is 6.90. The summed E-state index contributed by atoms with van der Waals surface area (Å²) in [7, 11) is 1.62. The summed E-state index contributed by atoms with van der Waals surface area (Å²) >= 11 is 5.81. The first-order chi connectivity index (χ1) is 9.81. The Morgan fingerprint density at radius 1 is 1.48 bits per heavy atom. The van der Waals surface area contributed by atoms with E-state index in [0.717, 1.165) is 0 Å². The standard InChI is InChI=1S/C13H15ClF3N3O/c1-18-11-6-8(5-10(14)19-11)12(21)20-4-2-3-9(7-20)13(15,16)17/h5-6,9H,2-4,7H2,1H3,(H,18,19). The number of piperidine rings is 1. The van der Waals surface area contributed by atoms with Crippen molar-refractivity contribution in [2.45, 2.75) is 19.0 Å². The largest absolute Gasteiger partial charge is 0.393 e. The van der Waals surface area contributed by atoms with E-state index in [9.17, 15) is 18.0 Å². The van der Waals surface area contributed by atoms with E-state index in [-0.39, 0.29) is 23.7 Å². The maximum absolute atomic E-state index is 12.8. The van der Waals surface area contributed by atoms with Crippen LogP contribution in [-0.4, -0.2) is 42.1 Å². The van der Waals surface area contributed by atoms with Gasteiger partial charge in [0.15, 0.2) is 0 Å². The van der Waals surface area contributed by atoms with Crippen molar-refractivity contribution in [2.24, 2.45) is 5.92 Å². The van der Waals surface area contributed by atoms with Gasteiger partial charge in [-0.3, -0.25) is 4.79 Å². The van der Waals surface area contributed by atoms with Crippen LogP contribution in [0.25, 0.3) is 0 Å². The van der Waals surface area contributed by atoms with Crippen molar-refractivity contribution >= 4 is 23.3 Å². The number of rotatable bonds is 2. The minimum absolute atomic E-state index is 0.0617. The zero-order valence-electron chi connectivity index (χ0n) is 11.4. The Labute approximate surface area is 125 Å². The molecule has 2 rings (SSSR count). The Hall–Kier alpha value is -1.50. The highest BCUT2D eigenvalue weighted by Gasteiger charge is 2.42. The number of carbonyl (C=O) groups is 1. The number of halogens is 4. The first kappa shape index (κ1) is 15.9. The normalized spacial score (nSPS) is 19.5. The highest BCUT2D eigenvalue weighted by atomic mass is 35.5. The topological polar surface area (TPSA) is 45.2 Å². The van der Waals surface area contributed by atoms with Gasteiger partial charge in [0.1, 0.15) is 11.0 Å². The molecule has 116 valence electrons. The smallest absolute Gasteiger partial charge is 0.373 e. The van der Waals surface area contributed by atoms with E-state index in [0.29, 0.717) is 18.8 Å². The lowest BCUT2D eigenvalue weighted by molar-refractivity contribution is -0.184. The molecule has 1 unspecified atom stereocenters. The second kappa shape index (κ2) is 6.09. The molecule has 0 bridgehead atoms. The fourth-order valence-electron chi connectivity index (χ4n) is 2.36. The Balaban J connectivity index is 2.18. The number of amides is 1. The molecule has 2 heterocycles. The number of hydrogen-bond acceptors (Lipinski definition) is 3. The summed E-state index contributed by atoms with van der Waals surface area (Å²) in [5, 5.41) is 2.87. The number of likely N-dealkylation sites (tertiary alicyclic amines) is 1. The maximum atomic E-state index is 12.8. The highest BCUT2D eigenvalue weighted by molar-refractivity contribution is 6.29. The van der Waals surface area contributed by atoms with Gasteiger partial charge in [0.2, 0.25) is 0 Å². The monoisotopic (exact) mass is 321 g/mol. The van der Waals surface area contributed by atoms with Crippen molar-refractivity contribution in [3.8, 4) is 0 Å². The number of alkyl halides is 3. The molecule has 1 aliphatic rings. The van der Waals surface area contributed by atoms with Crippen LogP contribution in [0.4, 0.5) is 19.0 Å². The van der Waals surface area contributed by atoms with Gasteiger partial charge < -0.3 is 10.2 Å². The molecule has 8 heteroatoms. The molecule has 1 fully saturated rings. The van der Waals surface area contributed by atoms with Gasteiger partial charge in [-0.1, -0.05) is 11.6 Å². The van der Waals surface area contributed by atoms with E-state index < -0.39 is 18.0 Å². The van der Waals surface area contributed by atoms with Crippen LogP contribution in [0.5, 0.6) is 0 Å². The molecular formula is C13H15ClF3N3O. The van der Waals surface area contributed by atoms with Gasteiger partial charge in [0.25, 0.3) is 5.91 Å². The molecule has 0 aliphatic carbocycles.